The van der Waals surface area contributed by atoms with Crippen LogP contribution >= 0.6 is 12.2 Å². The first-order valence-corrected chi connectivity index (χ1v) is 6.94. The van der Waals surface area contributed by atoms with Crippen LogP contribution in [-0.4, -0.2) is 20.9 Å². The highest BCUT2D eigenvalue weighted by atomic mass is 32.1. The molecule has 0 saturated carbocycles. The SMILES string of the molecule is CC(C)Oc1cccc(-c2cc(C(N)=S)c(=O)n(C)n2)c1. The molecule has 0 aliphatic heterocycles. The smallest absolute Gasteiger partial charge is 0.276 e. The number of benzene rings is 1. The Morgan fingerprint density at radius 3 is 2.71 bits per heavy atom. The molecule has 21 heavy (non-hydrogen) atoms. The van der Waals surface area contributed by atoms with Crippen LogP contribution in [0.2, 0.25) is 0 Å². The normalized spacial score (nSPS) is 10.7. The van der Waals surface area contributed by atoms with Crippen molar-refractivity contribution < 1.29 is 4.74 Å². The van der Waals surface area contributed by atoms with Crippen LogP contribution < -0.4 is 16.0 Å². The maximum atomic E-state index is 11.9. The standard InChI is InChI=1S/C15H17N3O2S/c1-9(2)20-11-6-4-5-10(7-11)13-8-12(14(16)21)15(19)18(3)17-13/h4-9H,1-3H3,(H2,16,21). The van der Waals surface area contributed by atoms with Gasteiger partial charge in [0.1, 0.15) is 10.7 Å². The molecule has 0 spiro atoms. The molecule has 0 saturated heterocycles. The molecule has 0 unspecified atom stereocenters. The molecule has 0 atom stereocenters. The molecular formula is C15H17N3O2S. The maximum absolute atomic E-state index is 11.9. The first-order chi connectivity index (χ1) is 9.88. The summed E-state index contributed by atoms with van der Waals surface area (Å²) in [5, 5.41) is 4.24. The van der Waals surface area contributed by atoms with E-state index in [-0.39, 0.29) is 22.2 Å². The Balaban J connectivity index is 2.52. The summed E-state index contributed by atoms with van der Waals surface area (Å²) in [5.74, 6) is 0.745. The number of hydrogen-bond donors (Lipinski definition) is 1. The Morgan fingerprint density at radius 2 is 2.10 bits per heavy atom. The van der Waals surface area contributed by atoms with Gasteiger partial charge in [0.05, 0.1) is 17.4 Å². The van der Waals surface area contributed by atoms with E-state index in [0.29, 0.717) is 5.69 Å². The molecule has 2 aromatic rings. The summed E-state index contributed by atoms with van der Waals surface area (Å²) in [5.41, 5.74) is 7.03. The Labute approximate surface area is 128 Å². The maximum Gasteiger partial charge on any atom is 0.276 e. The van der Waals surface area contributed by atoms with E-state index < -0.39 is 0 Å². The summed E-state index contributed by atoms with van der Waals surface area (Å²) in [6.07, 6.45) is 0.0838. The van der Waals surface area contributed by atoms with E-state index >= 15 is 0 Å². The van der Waals surface area contributed by atoms with E-state index in [2.05, 4.69) is 5.10 Å². The van der Waals surface area contributed by atoms with Crippen molar-refractivity contribution in [3.63, 3.8) is 0 Å². The minimum atomic E-state index is -0.305. The second kappa shape index (κ2) is 6.05. The molecule has 0 aliphatic rings. The molecule has 0 bridgehead atoms. The van der Waals surface area contributed by atoms with Crippen molar-refractivity contribution in [2.75, 3.05) is 0 Å². The fourth-order valence-electron chi connectivity index (χ4n) is 1.93. The number of thiocarbonyl (C=S) groups is 1. The lowest BCUT2D eigenvalue weighted by Gasteiger charge is -2.11. The van der Waals surface area contributed by atoms with Crippen LogP contribution in [-0.2, 0) is 7.05 Å². The van der Waals surface area contributed by atoms with Crippen molar-refractivity contribution in [1.29, 1.82) is 0 Å². The Morgan fingerprint density at radius 1 is 1.38 bits per heavy atom. The average molecular weight is 303 g/mol. The monoisotopic (exact) mass is 303 g/mol. The third kappa shape index (κ3) is 3.46. The number of ether oxygens (including phenoxy) is 1. The minimum Gasteiger partial charge on any atom is -0.491 e. The fourth-order valence-corrected chi connectivity index (χ4v) is 2.07. The predicted octanol–water partition coefficient (Wildman–Crippen LogP) is 1.87. The van der Waals surface area contributed by atoms with Crippen molar-refractivity contribution in [3.05, 3.63) is 46.2 Å². The number of aryl methyl sites for hydroxylation is 1. The summed E-state index contributed by atoms with van der Waals surface area (Å²) >= 11 is 4.91. The predicted molar refractivity (Wildman–Crippen MR) is 86.6 cm³/mol. The lowest BCUT2D eigenvalue weighted by molar-refractivity contribution is 0.242. The second-order valence-corrected chi connectivity index (χ2v) is 5.37. The third-order valence-corrected chi connectivity index (χ3v) is 3.05. The van der Waals surface area contributed by atoms with Crippen molar-refractivity contribution in [1.82, 2.24) is 9.78 Å². The van der Waals surface area contributed by atoms with Gasteiger partial charge in [-0.1, -0.05) is 24.4 Å². The number of nitrogens with zero attached hydrogens (tertiary/aromatic N) is 2. The second-order valence-electron chi connectivity index (χ2n) is 4.93. The van der Waals surface area contributed by atoms with E-state index in [1.807, 2.05) is 38.1 Å². The van der Waals surface area contributed by atoms with Gasteiger partial charge in [0.15, 0.2) is 0 Å². The van der Waals surface area contributed by atoms with E-state index in [1.165, 1.54) is 4.68 Å². The third-order valence-electron chi connectivity index (χ3n) is 2.83. The van der Waals surface area contributed by atoms with Gasteiger partial charge in [-0.25, -0.2) is 4.68 Å². The minimum absolute atomic E-state index is 0.0637. The van der Waals surface area contributed by atoms with E-state index in [1.54, 1.807) is 13.1 Å². The molecule has 0 fully saturated rings. The van der Waals surface area contributed by atoms with Gasteiger partial charge in [-0.05, 0) is 32.0 Å². The zero-order valence-corrected chi connectivity index (χ0v) is 13.0. The first kappa shape index (κ1) is 15.2. The van der Waals surface area contributed by atoms with Gasteiger partial charge < -0.3 is 10.5 Å². The van der Waals surface area contributed by atoms with Crippen LogP contribution in [0.3, 0.4) is 0 Å². The lowest BCUT2D eigenvalue weighted by Crippen LogP contribution is -2.29. The molecule has 2 N–H and O–H groups in total. The summed E-state index contributed by atoms with van der Waals surface area (Å²) in [6.45, 7) is 3.92. The Bertz CT molecular complexity index is 738. The topological polar surface area (TPSA) is 70.1 Å². The van der Waals surface area contributed by atoms with Gasteiger partial charge in [-0.3, -0.25) is 4.79 Å². The van der Waals surface area contributed by atoms with E-state index in [0.717, 1.165) is 11.3 Å². The van der Waals surface area contributed by atoms with Crippen LogP contribution in [0.4, 0.5) is 0 Å². The van der Waals surface area contributed by atoms with Crippen LogP contribution in [0.15, 0.2) is 35.1 Å². The highest BCUT2D eigenvalue weighted by molar-refractivity contribution is 7.80. The molecule has 0 amide bonds. The largest absolute Gasteiger partial charge is 0.491 e. The summed E-state index contributed by atoms with van der Waals surface area (Å²) < 4.78 is 6.90. The molecule has 0 aliphatic carbocycles. The molecule has 1 aromatic heterocycles. The van der Waals surface area contributed by atoms with Gasteiger partial charge in [0.25, 0.3) is 5.56 Å². The lowest BCUT2D eigenvalue weighted by atomic mass is 10.1. The van der Waals surface area contributed by atoms with Crippen LogP contribution in [0, 0.1) is 0 Å². The van der Waals surface area contributed by atoms with Crippen LogP contribution in [0.5, 0.6) is 5.75 Å². The first-order valence-electron chi connectivity index (χ1n) is 6.53. The molecule has 110 valence electrons. The number of nitrogens with two attached hydrogens (primary N) is 1. The number of aromatic nitrogens is 2. The van der Waals surface area contributed by atoms with Gasteiger partial charge >= 0.3 is 0 Å². The van der Waals surface area contributed by atoms with Crippen molar-refractivity contribution in [3.8, 4) is 17.0 Å². The fraction of sp³-hybridized carbons (Fsp3) is 0.267. The molecule has 2 rings (SSSR count). The quantitative estimate of drug-likeness (QED) is 0.873. The highest BCUT2D eigenvalue weighted by Crippen LogP contribution is 2.22. The van der Waals surface area contributed by atoms with Crippen LogP contribution in [0.25, 0.3) is 11.3 Å². The van der Waals surface area contributed by atoms with Crippen molar-refractivity contribution in [2.24, 2.45) is 12.8 Å². The van der Waals surface area contributed by atoms with Crippen molar-refractivity contribution >= 4 is 17.2 Å². The Hall–Kier alpha value is -2.21. The summed E-state index contributed by atoms with van der Waals surface area (Å²) in [4.78, 5) is 12.0. The van der Waals surface area contributed by atoms with E-state index in [4.69, 9.17) is 22.7 Å². The number of hydrogen-bond acceptors (Lipinski definition) is 4. The molecular weight excluding hydrogens is 286 g/mol. The number of rotatable bonds is 4. The van der Waals surface area contributed by atoms with Gasteiger partial charge in [0.2, 0.25) is 0 Å². The summed E-state index contributed by atoms with van der Waals surface area (Å²) in [6, 6.07) is 9.12. The van der Waals surface area contributed by atoms with Gasteiger partial charge in [0, 0.05) is 12.6 Å². The summed E-state index contributed by atoms with van der Waals surface area (Å²) in [7, 11) is 1.57. The molecule has 6 heteroatoms. The van der Waals surface area contributed by atoms with Gasteiger partial charge in [-0.2, -0.15) is 5.10 Å². The molecule has 0 radical (unpaired) electrons. The highest BCUT2D eigenvalue weighted by Gasteiger charge is 2.11. The zero-order valence-electron chi connectivity index (χ0n) is 12.2. The van der Waals surface area contributed by atoms with E-state index in [9.17, 15) is 4.79 Å². The van der Waals surface area contributed by atoms with Crippen molar-refractivity contribution in [2.45, 2.75) is 20.0 Å². The van der Waals surface area contributed by atoms with Gasteiger partial charge in [-0.15, -0.1) is 0 Å². The molecule has 1 heterocycles. The molecule has 5 nitrogen and oxygen atoms in total. The Kier molecular flexibility index (Phi) is 4.37. The zero-order chi connectivity index (χ0) is 15.6. The average Bonchev–Trinajstić information content (AvgIpc) is 2.41. The van der Waals surface area contributed by atoms with Crippen LogP contribution in [0.1, 0.15) is 19.4 Å². The molecule has 1 aromatic carbocycles.